The second-order valence-corrected chi connectivity index (χ2v) is 5.31. The Morgan fingerprint density at radius 1 is 1.50 bits per heavy atom. The van der Waals surface area contributed by atoms with E-state index in [0.717, 1.165) is 0 Å². The van der Waals surface area contributed by atoms with Crippen LogP contribution in [0, 0.1) is 10.1 Å². The molecule has 0 aliphatic carbocycles. The van der Waals surface area contributed by atoms with Crippen LogP contribution in [0.3, 0.4) is 0 Å². The number of benzene rings is 1. The highest BCUT2D eigenvalue weighted by molar-refractivity contribution is 6.35. The molecule has 1 atom stereocenters. The van der Waals surface area contributed by atoms with Gasteiger partial charge in [-0.1, -0.05) is 23.2 Å². The molecule has 0 spiro atoms. The van der Waals surface area contributed by atoms with Crippen LogP contribution in [0.15, 0.2) is 23.6 Å². The summed E-state index contributed by atoms with van der Waals surface area (Å²) in [7, 11) is 0. The number of hydrogen-bond donors (Lipinski definition) is 1. The molecule has 0 amide bonds. The van der Waals surface area contributed by atoms with Crippen molar-refractivity contribution < 1.29 is 19.2 Å². The van der Waals surface area contributed by atoms with Gasteiger partial charge in [-0.15, -0.1) is 0 Å². The summed E-state index contributed by atoms with van der Waals surface area (Å²) in [5, 5.41) is 11.4. The molecule has 0 aromatic heterocycles. The summed E-state index contributed by atoms with van der Waals surface area (Å²) >= 11 is 12.0. The number of ether oxygens (including phenoxy) is 2. The van der Waals surface area contributed by atoms with Crippen molar-refractivity contribution in [2.75, 3.05) is 13.2 Å². The smallest absolute Gasteiger partial charge is 0.340 e. The fourth-order valence-electron chi connectivity index (χ4n) is 2.26. The first-order valence-corrected chi connectivity index (χ1v) is 7.06. The first kappa shape index (κ1) is 16.4. The Morgan fingerprint density at radius 2 is 2.18 bits per heavy atom. The molecule has 22 heavy (non-hydrogen) atoms. The third-order valence-corrected chi connectivity index (χ3v) is 3.60. The average Bonchev–Trinajstić information content (AvgIpc) is 2.36. The first-order chi connectivity index (χ1) is 10.3. The van der Waals surface area contributed by atoms with Gasteiger partial charge in [-0.25, -0.2) is 4.79 Å². The summed E-state index contributed by atoms with van der Waals surface area (Å²) < 4.78 is 10.2. The molecule has 1 aromatic rings. The largest absolute Gasteiger partial charge is 0.462 e. The van der Waals surface area contributed by atoms with Crippen LogP contribution in [0.5, 0.6) is 5.75 Å². The number of nitro groups is 1. The Kier molecular flexibility index (Phi) is 4.77. The van der Waals surface area contributed by atoms with Gasteiger partial charge in [0.1, 0.15) is 11.3 Å². The van der Waals surface area contributed by atoms with Gasteiger partial charge in [-0.05, 0) is 19.1 Å². The van der Waals surface area contributed by atoms with Crippen molar-refractivity contribution in [1.29, 1.82) is 0 Å². The zero-order valence-electron chi connectivity index (χ0n) is 11.5. The van der Waals surface area contributed by atoms with Crippen molar-refractivity contribution >= 4 is 29.2 Å². The predicted molar refractivity (Wildman–Crippen MR) is 79.5 cm³/mol. The summed E-state index contributed by atoms with van der Waals surface area (Å²) in [6.45, 7) is 1.14. The Bertz CT molecular complexity index is 675. The van der Waals surface area contributed by atoms with Gasteiger partial charge in [0.25, 0.3) is 0 Å². The fraction of sp³-hybridized carbons (Fsp3) is 0.308. The zero-order valence-corrected chi connectivity index (χ0v) is 13.0. The van der Waals surface area contributed by atoms with Crippen LogP contribution in [-0.4, -0.2) is 24.0 Å². The molecule has 1 aliphatic rings. The van der Waals surface area contributed by atoms with Crippen molar-refractivity contribution in [3.8, 4) is 5.75 Å². The van der Waals surface area contributed by atoms with Gasteiger partial charge in [0.05, 0.1) is 12.5 Å². The monoisotopic (exact) mass is 346 g/mol. The molecular formula is C13H12Cl2N2O5. The molecule has 7 nitrogen and oxygen atoms in total. The van der Waals surface area contributed by atoms with E-state index in [2.05, 4.69) is 0 Å². The van der Waals surface area contributed by atoms with Crippen LogP contribution in [-0.2, 0) is 9.53 Å². The molecule has 0 radical (unpaired) electrons. The lowest BCUT2D eigenvalue weighted by Crippen LogP contribution is -2.30. The van der Waals surface area contributed by atoms with E-state index in [1.165, 1.54) is 12.1 Å². The van der Waals surface area contributed by atoms with E-state index in [4.69, 9.17) is 38.4 Å². The number of halogens is 2. The summed E-state index contributed by atoms with van der Waals surface area (Å²) in [6.07, 6.45) is 0. The van der Waals surface area contributed by atoms with Crippen molar-refractivity contribution in [2.45, 2.75) is 12.8 Å². The van der Waals surface area contributed by atoms with Crippen LogP contribution in [0.4, 0.5) is 0 Å². The molecule has 1 heterocycles. The quantitative estimate of drug-likeness (QED) is 0.510. The van der Waals surface area contributed by atoms with E-state index in [-0.39, 0.29) is 33.9 Å². The van der Waals surface area contributed by atoms with Crippen molar-refractivity contribution in [3.63, 3.8) is 0 Å². The molecule has 1 aromatic carbocycles. The van der Waals surface area contributed by atoms with E-state index in [1.807, 2.05) is 0 Å². The number of nitrogens with zero attached hydrogens (tertiary/aromatic N) is 1. The summed E-state index contributed by atoms with van der Waals surface area (Å²) in [5.74, 6) is -1.81. The normalized spacial score (nSPS) is 16.8. The first-order valence-electron chi connectivity index (χ1n) is 6.30. The van der Waals surface area contributed by atoms with Crippen molar-refractivity contribution in [2.24, 2.45) is 5.73 Å². The molecule has 0 saturated carbocycles. The minimum Gasteiger partial charge on any atom is -0.462 e. The lowest BCUT2D eigenvalue weighted by Gasteiger charge is -2.26. The van der Waals surface area contributed by atoms with Gasteiger partial charge in [-0.2, -0.15) is 0 Å². The van der Waals surface area contributed by atoms with E-state index in [9.17, 15) is 14.9 Å². The van der Waals surface area contributed by atoms with Crippen LogP contribution in [0.1, 0.15) is 18.4 Å². The maximum Gasteiger partial charge on any atom is 0.340 e. The van der Waals surface area contributed by atoms with E-state index in [0.29, 0.717) is 5.56 Å². The van der Waals surface area contributed by atoms with Gasteiger partial charge in [0, 0.05) is 20.5 Å². The highest BCUT2D eigenvalue weighted by atomic mass is 35.5. The molecule has 2 rings (SSSR count). The number of fused-ring (bicyclic) bond motifs is 1. The number of hydrogen-bond acceptors (Lipinski definition) is 6. The third-order valence-electron chi connectivity index (χ3n) is 3.07. The predicted octanol–water partition coefficient (Wildman–Crippen LogP) is 2.48. The Hall–Kier alpha value is -1.99. The maximum atomic E-state index is 12.1. The van der Waals surface area contributed by atoms with Crippen LogP contribution in [0.25, 0.3) is 0 Å². The van der Waals surface area contributed by atoms with E-state index in [1.54, 1.807) is 6.92 Å². The van der Waals surface area contributed by atoms with Crippen molar-refractivity contribution in [3.05, 3.63) is 49.3 Å². The lowest BCUT2D eigenvalue weighted by atomic mass is 9.88. The molecule has 2 N–H and O–H groups in total. The SMILES string of the molecule is CCOC(=O)C1=C(N)Oc2cc(Cl)cc(Cl)c2[C@H]1C[N+](=O)[O-]. The minimum atomic E-state index is -0.970. The summed E-state index contributed by atoms with van der Waals surface area (Å²) in [5.41, 5.74) is 5.92. The standard InChI is InChI=1S/C13H12Cl2N2O5/c1-2-21-13(18)11-7(5-17(19)20)10-8(15)3-6(14)4-9(10)22-12(11)16/h3-4,7H,2,5,16H2,1H3/t7-/m1/s1. The molecule has 9 heteroatoms. The highest BCUT2D eigenvalue weighted by Crippen LogP contribution is 2.44. The lowest BCUT2D eigenvalue weighted by molar-refractivity contribution is -0.482. The van der Waals surface area contributed by atoms with Crippen LogP contribution in [0.2, 0.25) is 10.0 Å². The third kappa shape index (κ3) is 3.10. The Morgan fingerprint density at radius 3 is 2.77 bits per heavy atom. The van der Waals surface area contributed by atoms with E-state index >= 15 is 0 Å². The molecule has 0 unspecified atom stereocenters. The highest BCUT2D eigenvalue weighted by Gasteiger charge is 2.39. The molecule has 1 aliphatic heterocycles. The molecular weight excluding hydrogens is 335 g/mol. The number of nitrogens with two attached hydrogens (primary N) is 1. The second kappa shape index (κ2) is 6.41. The fourth-order valence-corrected chi connectivity index (χ4v) is 2.86. The van der Waals surface area contributed by atoms with Crippen LogP contribution < -0.4 is 10.5 Å². The summed E-state index contributed by atoms with van der Waals surface area (Å²) in [4.78, 5) is 22.5. The van der Waals surface area contributed by atoms with Gasteiger partial charge in [0.2, 0.25) is 12.4 Å². The Labute approximate surface area is 135 Å². The number of rotatable bonds is 4. The number of carbonyl (C=O) groups excluding carboxylic acids is 1. The average molecular weight is 347 g/mol. The minimum absolute atomic E-state index is 0.0992. The van der Waals surface area contributed by atoms with Crippen LogP contribution >= 0.6 is 23.2 Å². The number of esters is 1. The van der Waals surface area contributed by atoms with Gasteiger partial charge < -0.3 is 15.2 Å². The van der Waals surface area contributed by atoms with Gasteiger partial charge in [-0.3, -0.25) is 10.1 Å². The summed E-state index contributed by atoms with van der Waals surface area (Å²) in [6, 6.07) is 2.85. The zero-order chi connectivity index (χ0) is 16.4. The number of carbonyl (C=O) groups is 1. The molecule has 0 fully saturated rings. The topological polar surface area (TPSA) is 105 Å². The van der Waals surface area contributed by atoms with Gasteiger partial charge in [0.15, 0.2) is 0 Å². The second-order valence-electron chi connectivity index (χ2n) is 4.47. The van der Waals surface area contributed by atoms with Gasteiger partial charge >= 0.3 is 5.97 Å². The van der Waals surface area contributed by atoms with E-state index < -0.39 is 23.4 Å². The van der Waals surface area contributed by atoms with Crippen molar-refractivity contribution in [1.82, 2.24) is 0 Å². The molecule has 0 saturated heterocycles. The maximum absolute atomic E-state index is 12.1. The Balaban J connectivity index is 2.59. The molecule has 118 valence electrons. The molecule has 0 bridgehead atoms.